The zero-order valence-electron chi connectivity index (χ0n) is 11.4. The SMILES string of the molecule is CC(C)(C)c1ccc(C(CC(=O)Cl)C2CC2)cc1. The van der Waals surface area contributed by atoms with Crippen LogP contribution < -0.4 is 0 Å². The van der Waals surface area contributed by atoms with Crippen molar-refractivity contribution < 1.29 is 4.79 Å². The molecule has 1 saturated carbocycles. The highest BCUT2D eigenvalue weighted by molar-refractivity contribution is 6.63. The predicted molar refractivity (Wildman–Crippen MR) is 76.1 cm³/mol. The van der Waals surface area contributed by atoms with Crippen molar-refractivity contribution in [3.63, 3.8) is 0 Å². The number of hydrogen-bond donors (Lipinski definition) is 0. The second-order valence-corrected chi connectivity index (χ2v) is 6.80. The molecule has 0 aromatic heterocycles. The molecule has 0 amide bonds. The summed E-state index contributed by atoms with van der Waals surface area (Å²) in [5.41, 5.74) is 2.77. The Balaban J connectivity index is 2.18. The fraction of sp³-hybridized carbons (Fsp3) is 0.562. The summed E-state index contributed by atoms with van der Waals surface area (Å²) in [5.74, 6) is 0.984. The van der Waals surface area contributed by atoms with E-state index in [4.69, 9.17) is 11.6 Å². The van der Waals surface area contributed by atoms with E-state index in [1.54, 1.807) is 0 Å². The fourth-order valence-corrected chi connectivity index (χ4v) is 2.62. The van der Waals surface area contributed by atoms with Crippen LogP contribution in [0.5, 0.6) is 0 Å². The maximum absolute atomic E-state index is 11.2. The van der Waals surface area contributed by atoms with Crippen LogP contribution in [-0.4, -0.2) is 5.24 Å². The minimum absolute atomic E-state index is 0.176. The molecule has 0 saturated heterocycles. The van der Waals surface area contributed by atoms with Crippen molar-refractivity contribution in [2.75, 3.05) is 0 Å². The van der Waals surface area contributed by atoms with Gasteiger partial charge in [-0.15, -0.1) is 0 Å². The third-order valence-electron chi connectivity index (χ3n) is 3.78. The number of carbonyl (C=O) groups is 1. The van der Waals surface area contributed by atoms with Gasteiger partial charge < -0.3 is 0 Å². The standard InChI is InChI=1S/C16H21ClO/c1-16(2,3)13-8-6-12(7-9-13)14(10-15(17)18)11-4-5-11/h6-9,11,14H,4-5,10H2,1-3H3. The van der Waals surface area contributed by atoms with Crippen LogP contribution in [0.15, 0.2) is 24.3 Å². The van der Waals surface area contributed by atoms with E-state index in [0.29, 0.717) is 18.3 Å². The molecule has 0 bridgehead atoms. The van der Waals surface area contributed by atoms with Crippen molar-refractivity contribution in [3.05, 3.63) is 35.4 Å². The van der Waals surface area contributed by atoms with Gasteiger partial charge in [-0.2, -0.15) is 0 Å². The molecule has 1 aliphatic rings. The lowest BCUT2D eigenvalue weighted by molar-refractivity contribution is -0.112. The van der Waals surface area contributed by atoms with Crippen molar-refractivity contribution in [3.8, 4) is 0 Å². The van der Waals surface area contributed by atoms with E-state index in [2.05, 4.69) is 45.0 Å². The van der Waals surface area contributed by atoms with E-state index in [0.717, 1.165) is 0 Å². The van der Waals surface area contributed by atoms with Crippen LogP contribution >= 0.6 is 11.6 Å². The van der Waals surface area contributed by atoms with E-state index in [-0.39, 0.29) is 10.7 Å². The molecule has 0 N–H and O–H groups in total. The van der Waals surface area contributed by atoms with Gasteiger partial charge in [-0.25, -0.2) is 0 Å². The summed E-state index contributed by atoms with van der Waals surface area (Å²) in [6.45, 7) is 6.63. The van der Waals surface area contributed by atoms with Crippen LogP contribution in [0.1, 0.15) is 57.1 Å². The summed E-state index contributed by atoms with van der Waals surface area (Å²) >= 11 is 5.56. The van der Waals surface area contributed by atoms with Gasteiger partial charge in [-0.1, -0.05) is 45.0 Å². The lowest BCUT2D eigenvalue weighted by Gasteiger charge is -2.21. The molecule has 1 unspecified atom stereocenters. The summed E-state index contributed by atoms with van der Waals surface area (Å²) in [6, 6.07) is 8.71. The highest BCUT2D eigenvalue weighted by Crippen LogP contribution is 2.45. The van der Waals surface area contributed by atoms with E-state index >= 15 is 0 Å². The van der Waals surface area contributed by atoms with Gasteiger partial charge in [0.1, 0.15) is 0 Å². The Morgan fingerprint density at radius 1 is 1.28 bits per heavy atom. The van der Waals surface area contributed by atoms with Crippen molar-refractivity contribution >= 4 is 16.8 Å². The van der Waals surface area contributed by atoms with Crippen molar-refractivity contribution in [1.82, 2.24) is 0 Å². The number of rotatable bonds is 4. The quantitative estimate of drug-likeness (QED) is 0.725. The Morgan fingerprint density at radius 2 is 1.83 bits per heavy atom. The molecular weight excluding hydrogens is 244 g/mol. The number of carbonyl (C=O) groups excluding carboxylic acids is 1. The van der Waals surface area contributed by atoms with Gasteiger partial charge in [0.25, 0.3) is 0 Å². The number of halogens is 1. The van der Waals surface area contributed by atoms with Crippen molar-refractivity contribution in [2.45, 2.75) is 51.4 Å². The molecule has 0 radical (unpaired) electrons. The maximum Gasteiger partial charge on any atom is 0.222 e. The summed E-state index contributed by atoms with van der Waals surface area (Å²) in [5, 5.41) is -0.216. The highest BCUT2D eigenvalue weighted by atomic mass is 35.5. The third-order valence-corrected chi connectivity index (χ3v) is 3.93. The molecule has 1 aliphatic carbocycles. The smallest absolute Gasteiger partial charge is 0.222 e. The van der Waals surface area contributed by atoms with Gasteiger partial charge in [0, 0.05) is 6.42 Å². The molecule has 1 atom stereocenters. The van der Waals surface area contributed by atoms with Gasteiger partial charge in [0.2, 0.25) is 5.24 Å². The zero-order chi connectivity index (χ0) is 13.3. The Labute approximate surface area is 115 Å². The molecule has 1 fully saturated rings. The monoisotopic (exact) mass is 264 g/mol. The first-order chi connectivity index (χ1) is 8.38. The van der Waals surface area contributed by atoms with Crippen LogP contribution in [-0.2, 0) is 10.2 Å². The summed E-state index contributed by atoms with van der Waals surface area (Å²) in [4.78, 5) is 11.2. The molecule has 2 heteroatoms. The summed E-state index contributed by atoms with van der Waals surface area (Å²) in [7, 11) is 0. The van der Waals surface area contributed by atoms with Crippen LogP contribution in [0.2, 0.25) is 0 Å². The van der Waals surface area contributed by atoms with Crippen molar-refractivity contribution in [1.29, 1.82) is 0 Å². The number of hydrogen-bond acceptors (Lipinski definition) is 1. The fourth-order valence-electron chi connectivity index (χ4n) is 2.46. The summed E-state index contributed by atoms with van der Waals surface area (Å²) in [6.07, 6.45) is 2.94. The molecule has 1 nitrogen and oxygen atoms in total. The topological polar surface area (TPSA) is 17.1 Å². The summed E-state index contributed by atoms with van der Waals surface area (Å²) < 4.78 is 0. The van der Waals surface area contributed by atoms with Gasteiger partial charge in [-0.05, 0) is 52.8 Å². The zero-order valence-corrected chi connectivity index (χ0v) is 12.1. The first-order valence-electron chi connectivity index (χ1n) is 6.66. The largest absolute Gasteiger partial charge is 0.281 e. The number of benzene rings is 1. The first-order valence-corrected chi connectivity index (χ1v) is 7.04. The lowest BCUT2D eigenvalue weighted by Crippen LogP contribution is -2.11. The lowest BCUT2D eigenvalue weighted by atomic mass is 9.84. The molecule has 0 heterocycles. The highest BCUT2D eigenvalue weighted by Gasteiger charge is 2.33. The van der Waals surface area contributed by atoms with E-state index in [9.17, 15) is 4.79 Å². The Morgan fingerprint density at radius 3 is 2.22 bits per heavy atom. The van der Waals surface area contributed by atoms with Crippen LogP contribution in [0.4, 0.5) is 0 Å². The van der Waals surface area contributed by atoms with Gasteiger partial charge >= 0.3 is 0 Å². The van der Waals surface area contributed by atoms with Crippen LogP contribution in [0, 0.1) is 5.92 Å². The molecule has 1 aromatic carbocycles. The second kappa shape index (κ2) is 5.05. The molecule has 0 spiro atoms. The molecule has 1 aromatic rings. The Hall–Kier alpha value is -0.820. The van der Waals surface area contributed by atoms with E-state index < -0.39 is 0 Å². The molecular formula is C16H21ClO. The maximum atomic E-state index is 11.2. The molecule has 98 valence electrons. The third kappa shape index (κ3) is 3.35. The van der Waals surface area contributed by atoms with Gasteiger partial charge in [0.05, 0.1) is 0 Å². The minimum atomic E-state index is -0.216. The first kappa shape index (κ1) is 13.6. The van der Waals surface area contributed by atoms with Gasteiger partial charge in [-0.3, -0.25) is 4.79 Å². The average molecular weight is 265 g/mol. The van der Waals surface area contributed by atoms with Gasteiger partial charge in [0.15, 0.2) is 0 Å². The molecule has 18 heavy (non-hydrogen) atoms. The van der Waals surface area contributed by atoms with E-state index in [1.165, 1.54) is 24.0 Å². The molecule has 0 aliphatic heterocycles. The second-order valence-electron chi connectivity index (χ2n) is 6.38. The molecule has 2 rings (SSSR count). The average Bonchev–Trinajstić information content (AvgIpc) is 3.08. The Bertz CT molecular complexity index is 423. The van der Waals surface area contributed by atoms with E-state index in [1.807, 2.05) is 0 Å². The van der Waals surface area contributed by atoms with Crippen molar-refractivity contribution in [2.24, 2.45) is 5.92 Å². The van der Waals surface area contributed by atoms with Crippen LogP contribution in [0.3, 0.4) is 0 Å². The van der Waals surface area contributed by atoms with Crippen LogP contribution in [0.25, 0.3) is 0 Å². The Kier molecular flexibility index (Phi) is 3.82. The normalized spacial score (nSPS) is 17.6. The minimum Gasteiger partial charge on any atom is -0.281 e. The predicted octanol–water partition coefficient (Wildman–Crippen LogP) is 4.63.